The summed E-state index contributed by atoms with van der Waals surface area (Å²) in [6, 6.07) is 17.2. The maximum Gasteiger partial charge on any atom is 0.206 e. The third-order valence-corrected chi connectivity index (χ3v) is 4.56. The predicted molar refractivity (Wildman–Crippen MR) is 94.2 cm³/mol. The van der Waals surface area contributed by atoms with Crippen molar-refractivity contribution in [2.75, 3.05) is 30.0 Å². The van der Waals surface area contributed by atoms with Gasteiger partial charge in [0.15, 0.2) is 0 Å². The molecular weight excluding hydrogens is 286 g/mol. The van der Waals surface area contributed by atoms with Gasteiger partial charge in [-0.15, -0.1) is 0 Å². The lowest BCUT2D eigenvalue weighted by Gasteiger charge is -2.30. The summed E-state index contributed by atoms with van der Waals surface area (Å²) in [6.45, 7) is 4.54. The number of ether oxygens (including phenoxy) is 1. The van der Waals surface area contributed by atoms with Crippen molar-refractivity contribution in [2.24, 2.45) is 4.99 Å². The monoisotopic (exact) mass is 307 g/mol. The quantitative estimate of drug-likeness (QED) is 0.871. The number of aliphatic imine (C=N–C) groups is 1. The van der Waals surface area contributed by atoms with Gasteiger partial charge in [-0.05, 0) is 24.6 Å². The SMILES string of the molecule is COC1CN=C2N(Cc3ccc(C)cc3)c3ccccc3N2C1. The Kier molecular flexibility index (Phi) is 3.54. The summed E-state index contributed by atoms with van der Waals surface area (Å²) < 4.78 is 5.51. The number of guanidine groups is 1. The normalized spacial score (nSPS) is 19.4. The first kappa shape index (κ1) is 14.3. The number of hydrogen-bond acceptors (Lipinski definition) is 4. The highest BCUT2D eigenvalue weighted by molar-refractivity contribution is 6.16. The van der Waals surface area contributed by atoms with Gasteiger partial charge in [0.25, 0.3) is 0 Å². The fourth-order valence-electron chi connectivity index (χ4n) is 3.26. The average Bonchev–Trinajstić information content (AvgIpc) is 2.90. The molecule has 2 aromatic rings. The number of aryl methyl sites for hydroxylation is 1. The van der Waals surface area contributed by atoms with Crippen LogP contribution < -0.4 is 9.80 Å². The number of hydrogen-bond donors (Lipinski definition) is 0. The lowest BCUT2D eigenvalue weighted by atomic mass is 10.1. The summed E-state index contributed by atoms with van der Waals surface area (Å²) in [7, 11) is 1.76. The number of nitrogens with zero attached hydrogens (tertiary/aromatic N) is 3. The van der Waals surface area contributed by atoms with E-state index in [4.69, 9.17) is 9.73 Å². The van der Waals surface area contributed by atoms with E-state index in [1.165, 1.54) is 22.5 Å². The molecule has 1 atom stereocenters. The largest absolute Gasteiger partial charge is 0.378 e. The van der Waals surface area contributed by atoms with Crippen LogP contribution in [0, 0.1) is 6.92 Å². The van der Waals surface area contributed by atoms with E-state index >= 15 is 0 Å². The molecule has 2 aliphatic rings. The maximum atomic E-state index is 5.51. The zero-order valence-electron chi connectivity index (χ0n) is 13.6. The Morgan fingerprint density at radius 1 is 1.09 bits per heavy atom. The van der Waals surface area contributed by atoms with Gasteiger partial charge in [-0.2, -0.15) is 0 Å². The average molecular weight is 307 g/mol. The van der Waals surface area contributed by atoms with Crippen molar-refractivity contribution < 1.29 is 4.74 Å². The van der Waals surface area contributed by atoms with Crippen LogP contribution in [0.15, 0.2) is 53.5 Å². The highest BCUT2D eigenvalue weighted by Gasteiger charge is 2.36. The summed E-state index contributed by atoms with van der Waals surface area (Å²) in [6.07, 6.45) is 0.158. The smallest absolute Gasteiger partial charge is 0.206 e. The van der Waals surface area contributed by atoms with E-state index in [2.05, 4.69) is 65.3 Å². The second-order valence-electron chi connectivity index (χ2n) is 6.17. The molecule has 0 radical (unpaired) electrons. The van der Waals surface area contributed by atoms with Crippen LogP contribution in [0.5, 0.6) is 0 Å². The molecule has 4 rings (SSSR count). The Balaban J connectivity index is 1.70. The van der Waals surface area contributed by atoms with Crippen LogP contribution in [0.4, 0.5) is 11.4 Å². The lowest BCUT2D eigenvalue weighted by molar-refractivity contribution is 0.114. The molecule has 2 aliphatic heterocycles. The van der Waals surface area contributed by atoms with Gasteiger partial charge in [-0.3, -0.25) is 0 Å². The fourth-order valence-corrected chi connectivity index (χ4v) is 3.26. The number of anilines is 2. The van der Waals surface area contributed by atoms with E-state index in [1.807, 2.05) is 0 Å². The molecule has 0 aromatic heterocycles. The molecule has 4 nitrogen and oxygen atoms in total. The first-order valence-electron chi connectivity index (χ1n) is 8.03. The molecule has 0 bridgehead atoms. The molecule has 0 fully saturated rings. The van der Waals surface area contributed by atoms with E-state index < -0.39 is 0 Å². The van der Waals surface area contributed by atoms with Crippen LogP contribution in [0.3, 0.4) is 0 Å². The van der Waals surface area contributed by atoms with Crippen LogP contribution in [-0.4, -0.2) is 32.3 Å². The topological polar surface area (TPSA) is 28.1 Å². The second kappa shape index (κ2) is 5.70. The van der Waals surface area contributed by atoms with Crippen molar-refractivity contribution in [1.29, 1.82) is 0 Å². The standard InChI is InChI=1S/C19H21N3O/c1-14-7-9-15(10-8-14)12-21-17-5-3-4-6-18(17)22-13-16(23-2)11-20-19(21)22/h3-10,16H,11-13H2,1-2H3. The Morgan fingerprint density at radius 3 is 2.57 bits per heavy atom. The Labute approximate surface area is 137 Å². The number of methoxy groups -OCH3 is 1. The molecule has 0 aliphatic carbocycles. The Bertz CT molecular complexity index is 739. The van der Waals surface area contributed by atoms with E-state index in [0.717, 1.165) is 25.6 Å². The van der Waals surface area contributed by atoms with Crippen LogP contribution in [0.25, 0.3) is 0 Å². The molecule has 4 heteroatoms. The molecule has 0 saturated heterocycles. The number of fused-ring (bicyclic) bond motifs is 3. The summed E-state index contributed by atoms with van der Waals surface area (Å²) in [5, 5.41) is 0. The number of rotatable bonds is 3. The molecule has 1 unspecified atom stereocenters. The summed E-state index contributed by atoms with van der Waals surface area (Å²) in [5.74, 6) is 1.04. The van der Waals surface area contributed by atoms with Crippen molar-refractivity contribution in [3.05, 3.63) is 59.7 Å². The molecule has 23 heavy (non-hydrogen) atoms. The van der Waals surface area contributed by atoms with Crippen LogP contribution in [0.2, 0.25) is 0 Å². The minimum atomic E-state index is 0.158. The third-order valence-electron chi connectivity index (χ3n) is 4.56. The van der Waals surface area contributed by atoms with Gasteiger partial charge in [0, 0.05) is 7.11 Å². The fraction of sp³-hybridized carbons (Fsp3) is 0.316. The molecule has 2 heterocycles. The second-order valence-corrected chi connectivity index (χ2v) is 6.17. The van der Waals surface area contributed by atoms with E-state index in [-0.39, 0.29) is 6.10 Å². The van der Waals surface area contributed by atoms with Crippen molar-refractivity contribution in [3.8, 4) is 0 Å². The summed E-state index contributed by atoms with van der Waals surface area (Å²) >= 11 is 0. The van der Waals surface area contributed by atoms with E-state index in [0.29, 0.717) is 0 Å². The highest BCUT2D eigenvalue weighted by Crippen LogP contribution is 2.39. The third kappa shape index (κ3) is 2.49. The Morgan fingerprint density at radius 2 is 1.83 bits per heavy atom. The maximum absolute atomic E-state index is 5.51. The van der Waals surface area contributed by atoms with E-state index in [1.54, 1.807) is 7.11 Å². The first-order chi connectivity index (χ1) is 11.3. The summed E-state index contributed by atoms with van der Waals surface area (Å²) in [5.41, 5.74) is 5.03. The van der Waals surface area contributed by atoms with Crippen LogP contribution in [0.1, 0.15) is 11.1 Å². The molecule has 0 saturated carbocycles. The van der Waals surface area contributed by atoms with Crippen molar-refractivity contribution in [1.82, 2.24) is 0 Å². The molecular formula is C19H21N3O. The van der Waals surface area contributed by atoms with Gasteiger partial charge in [0.2, 0.25) is 5.96 Å². The molecule has 2 aromatic carbocycles. The van der Waals surface area contributed by atoms with Gasteiger partial charge in [-0.1, -0.05) is 42.0 Å². The van der Waals surface area contributed by atoms with Crippen molar-refractivity contribution in [2.45, 2.75) is 19.6 Å². The van der Waals surface area contributed by atoms with Gasteiger partial charge < -0.3 is 14.5 Å². The number of benzene rings is 2. The molecule has 0 amide bonds. The minimum absolute atomic E-state index is 0.158. The Hall–Kier alpha value is -2.33. The van der Waals surface area contributed by atoms with Gasteiger partial charge in [0.1, 0.15) is 0 Å². The number of para-hydroxylation sites is 2. The van der Waals surface area contributed by atoms with Crippen molar-refractivity contribution in [3.63, 3.8) is 0 Å². The zero-order chi connectivity index (χ0) is 15.8. The first-order valence-corrected chi connectivity index (χ1v) is 8.03. The van der Waals surface area contributed by atoms with Gasteiger partial charge in [0.05, 0.1) is 37.1 Å². The highest BCUT2D eigenvalue weighted by atomic mass is 16.5. The van der Waals surface area contributed by atoms with Gasteiger partial charge in [-0.25, -0.2) is 4.99 Å². The minimum Gasteiger partial charge on any atom is -0.378 e. The van der Waals surface area contributed by atoms with Gasteiger partial charge >= 0.3 is 0 Å². The molecule has 0 N–H and O–H groups in total. The van der Waals surface area contributed by atoms with Crippen LogP contribution in [-0.2, 0) is 11.3 Å². The molecule has 0 spiro atoms. The van der Waals surface area contributed by atoms with E-state index in [9.17, 15) is 0 Å². The van der Waals surface area contributed by atoms with Crippen LogP contribution >= 0.6 is 0 Å². The lowest BCUT2D eigenvalue weighted by Crippen LogP contribution is -2.47. The van der Waals surface area contributed by atoms with Crippen molar-refractivity contribution >= 4 is 17.3 Å². The zero-order valence-corrected chi connectivity index (χ0v) is 13.6. The molecule has 118 valence electrons. The summed E-state index contributed by atoms with van der Waals surface area (Å²) in [4.78, 5) is 9.39. The predicted octanol–water partition coefficient (Wildman–Crippen LogP) is 3.21.